The third-order valence-electron chi connectivity index (χ3n) is 4.54. The molecule has 1 aliphatic rings. The highest BCUT2D eigenvalue weighted by molar-refractivity contribution is 7.22. The van der Waals surface area contributed by atoms with Crippen LogP contribution in [0, 0.1) is 24.0 Å². The third kappa shape index (κ3) is 3.23. The van der Waals surface area contributed by atoms with E-state index >= 15 is 0 Å². The number of nitro groups is 1. The zero-order valence-corrected chi connectivity index (χ0v) is 16.2. The third-order valence-corrected chi connectivity index (χ3v) is 5.46. The molecule has 146 valence electrons. The maximum Gasteiger partial charge on any atom is 0.270 e. The Morgan fingerprint density at radius 2 is 1.90 bits per heavy atom. The lowest BCUT2D eigenvalue weighted by molar-refractivity contribution is -0.384. The van der Waals surface area contributed by atoms with E-state index in [0.717, 1.165) is 38.4 Å². The summed E-state index contributed by atoms with van der Waals surface area (Å²) < 4.78 is 0.922. The fraction of sp³-hybridized carbons (Fsp3) is 0.158. The lowest BCUT2D eigenvalue weighted by atomic mass is 10.1. The molecule has 1 aromatic heterocycles. The first-order chi connectivity index (χ1) is 13.7. The SMILES string of the molecule is Cc1cc(C)c2nc(NC(=O)CN3C(=O)c4ccc([N+](=O)[O-])cc4C3=O)sc2c1. The quantitative estimate of drug-likeness (QED) is 0.401. The summed E-state index contributed by atoms with van der Waals surface area (Å²) >= 11 is 1.30. The highest BCUT2D eigenvalue weighted by Crippen LogP contribution is 2.30. The number of anilines is 1. The fourth-order valence-corrected chi connectivity index (χ4v) is 4.32. The van der Waals surface area contributed by atoms with Crippen LogP contribution in [0.25, 0.3) is 10.2 Å². The zero-order valence-electron chi connectivity index (χ0n) is 15.4. The van der Waals surface area contributed by atoms with Crippen LogP contribution in [-0.2, 0) is 4.79 Å². The van der Waals surface area contributed by atoms with Crippen molar-refractivity contribution >= 4 is 50.1 Å². The van der Waals surface area contributed by atoms with Crippen molar-refractivity contribution < 1.29 is 19.3 Å². The maximum absolute atomic E-state index is 12.5. The molecule has 29 heavy (non-hydrogen) atoms. The van der Waals surface area contributed by atoms with Gasteiger partial charge in [-0.3, -0.25) is 29.4 Å². The van der Waals surface area contributed by atoms with Crippen molar-refractivity contribution in [3.8, 4) is 0 Å². The topological polar surface area (TPSA) is 123 Å². The maximum atomic E-state index is 12.5. The second-order valence-electron chi connectivity index (χ2n) is 6.68. The summed E-state index contributed by atoms with van der Waals surface area (Å²) in [6.45, 7) is 3.39. The second kappa shape index (κ2) is 6.74. The lowest BCUT2D eigenvalue weighted by Gasteiger charge is -2.12. The molecule has 0 aliphatic carbocycles. The Labute approximate surface area is 168 Å². The van der Waals surface area contributed by atoms with E-state index in [2.05, 4.69) is 10.3 Å². The number of fused-ring (bicyclic) bond motifs is 2. The van der Waals surface area contributed by atoms with Crippen LogP contribution < -0.4 is 5.32 Å². The molecule has 0 atom stereocenters. The number of hydrogen-bond acceptors (Lipinski definition) is 7. The van der Waals surface area contributed by atoms with E-state index in [4.69, 9.17) is 0 Å². The Hall–Kier alpha value is -3.66. The Morgan fingerprint density at radius 3 is 2.62 bits per heavy atom. The summed E-state index contributed by atoms with van der Waals surface area (Å²) in [5.41, 5.74) is 2.51. The molecule has 3 amide bonds. The molecule has 10 heteroatoms. The predicted molar refractivity (Wildman–Crippen MR) is 106 cm³/mol. The van der Waals surface area contributed by atoms with Crippen molar-refractivity contribution in [2.45, 2.75) is 13.8 Å². The summed E-state index contributed by atoms with van der Waals surface area (Å²) in [6, 6.07) is 7.38. The number of imide groups is 1. The molecule has 0 bridgehead atoms. The molecule has 4 rings (SSSR count). The van der Waals surface area contributed by atoms with Gasteiger partial charge in [-0.25, -0.2) is 4.98 Å². The van der Waals surface area contributed by atoms with Gasteiger partial charge in [0.1, 0.15) is 6.54 Å². The molecule has 2 heterocycles. The zero-order chi connectivity index (χ0) is 20.9. The summed E-state index contributed by atoms with van der Waals surface area (Å²) in [6.07, 6.45) is 0. The number of amides is 3. The van der Waals surface area contributed by atoms with Crippen molar-refractivity contribution in [2.75, 3.05) is 11.9 Å². The molecular weight excluding hydrogens is 396 g/mol. The van der Waals surface area contributed by atoms with Gasteiger partial charge in [-0.05, 0) is 37.1 Å². The standard InChI is InChI=1S/C19H14N4O5S/c1-9-5-10(2)16-14(6-9)29-19(21-16)20-15(24)8-22-17(25)12-4-3-11(23(27)28)7-13(12)18(22)26/h3-7H,8H2,1-2H3,(H,20,21,24). The highest BCUT2D eigenvalue weighted by atomic mass is 32.1. The number of aryl methyl sites for hydroxylation is 2. The average Bonchev–Trinajstić information content (AvgIpc) is 3.15. The van der Waals surface area contributed by atoms with Gasteiger partial charge in [-0.15, -0.1) is 0 Å². The molecule has 0 saturated heterocycles. The lowest BCUT2D eigenvalue weighted by Crippen LogP contribution is -2.37. The van der Waals surface area contributed by atoms with E-state index in [9.17, 15) is 24.5 Å². The Kier molecular flexibility index (Phi) is 4.35. The smallest absolute Gasteiger partial charge is 0.270 e. The number of carbonyl (C=O) groups is 3. The van der Waals surface area contributed by atoms with E-state index in [1.54, 1.807) is 0 Å². The minimum Gasteiger partial charge on any atom is -0.300 e. The van der Waals surface area contributed by atoms with Gasteiger partial charge in [0.2, 0.25) is 5.91 Å². The number of nitrogens with one attached hydrogen (secondary N) is 1. The molecule has 0 spiro atoms. The largest absolute Gasteiger partial charge is 0.300 e. The molecule has 2 aromatic carbocycles. The van der Waals surface area contributed by atoms with E-state index in [-0.39, 0.29) is 16.8 Å². The molecule has 1 N–H and O–H groups in total. The van der Waals surface area contributed by atoms with Crippen LogP contribution in [0.2, 0.25) is 0 Å². The predicted octanol–water partition coefficient (Wildman–Crippen LogP) is 3.06. The van der Waals surface area contributed by atoms with Crippen LogP contribution in [0.5, 0.6) is 0 Å². The second-order valence-corrected chi connectivity index (χ2v) is 7.71. The Morgan fingerprint density at radius 1 is 1.17 bits per heavy atom. The number of nitrogens with zero attached hydrogens (tertiary/aromatic N) is 3. The molecule has 0 fully saturated rings. The molecule has 0 saturated carbocycles. The van der Waals surface area contributed by atoms with Crippen molar-refractivity contribution in [3.63, 3.8) is 0 Å². The van der Waals surface area contributed by atoms with E-state index in [0.29, 0.717) is 5.13 Å². The van der Waals surface area contributed by atoms with Crippen LogP contribution in [-0.4, -0.2) is 39.1 Å². The van der Waals surface area contributed by atoms with E-state index in [1.165, 1.54) is 17.4 Å². The normalized spacial score (nSPS) is 13.1. The monoisotopic (exact) mass is 410 g/mol. The molecule has 3 aromatic rings. The van der Waals surface area contributed by atoms with Crippen LogP contribution in [0.4, 0.5) is 10.8 Å². The molecule has 1 aliphatic heterocycles. The first-order valence-electron chi connectivity index (χ1n) is 8.57. The molecule has 0 radical (unpaired) electrons. The number of nitro benzene ring substituents is 1. The Bertz CT molecular complexity index is 1230. The minimum atomic E-state index is -0.736. The first kappa shape index (κ1) is 18.7. The number of carbonyl (C=O) groups excluding carboxylic acids is 3. The molecule has 9 nitrogen and oxygen atoms in total. The number of benzene rings is 2. The van der Waals surface area contributed by atoms with Gasteiger partial charge in [0.15, 0.2) is 5.13 Å². The van der Waals surface area contributed by atoms with Gasteiger partial charge in [0.05, 0.1) is 26.3 Å². The van der Waals surface area contributed by atoms with Gasteiger partial charge in [-0.1, -0.05) is 17.4 Å². The van der Waals surface area contributed by atoms with E-state index < -0.39 is 29.2 Å². The number of thiazole rings is 1. The van der Waals surface area contributed by atoms with Crippen LogP contribution in [0.15, 0.2) is 30.3 Å². The van der Waals surface area contributed by atoms with Crippen LogP contribution in [0.1, 0.15) is 31.8 Å². The van der Waals surface area contributed by atoms with Gasteiger partial charge < -0.3 is 5.32 Å². The number of aromatic nitrogens is 1. The van der Waals surface area contributed by atoms with Crippen molar-refractivity contribution in [2.24, 2.45) is 0 Å². The van der Waals surface area contributed by atoms with Crippen LogP contribution >= 0.6 is 11.3 Å². The van der Waals surface area contributed by atoms with Gasteiger partial charge in [0.25, 0.3) is 17.5 Å². The van der Waals surface area contributed by atoms with Crippen LogP contribution in [0.3, 0.4) is 0 Å². The summed E-state index contributed by atoms with van der Waals surface area (Å²) in [4.78, 5) is 52.8. The molecular formula is C19H14N4O5S. The van der Waals surface area contributed by atoms with Gasteiger partial charge in [0, 0.05) is 12.1 Å². The average molecular weight is 410 g/mol. The highest BCUT2D eigenvalue weighted by Gasteiger charge is 2.37. The minimum absolute atomic E-state index is 0.0412. The fourth-order valence-electron chi connectivity index (χ4n) is 3.26. The van der Waals surface area contributed by atoms with Gasteiger partial charge >= 0.3 is 0 Å². The van der Waals surface area contributed by atoms with Crippen molar-refractivity contribution in [3.05, 3.63) is 62.7 Å². The summed E-state index contributed by atoms with van der Waals surface area (Å²) in [5, 5.41) is 13.9. The Balaban J connectivity index is 1.53. The number of non-ortho nitro benzene ring substituents is 1. The summed E-state index contributed by atoms with van der Waals surface area (Å²) in [7, 11) is 0. The molecule has 0 unspecified atom stereocenters. The number of rotatable bonds is 4. The summed E-state index contributed by atoms with van der Waals surface area (Å²) in [5.74, 6) is -1.98. The van der Waals surface area contributed by atoms with E-state index in [1.807, 2.05) is 26.0 Å². The first-order valence-corrected chi connectivity index (χ1v) is 9.38. The van der Waals surface area contributed by atoms with Crippen molar-refractivity contribution in [1.29, 1.82) is 0 Å². The van der Waals surface area contributed by atoms with Crippen molar-refractivity contribution in [1.82, 2.24) is 9.88 Å². The van der Waals surface area contributed by atoms with Gasteiger partial charge in [-0.2, -0.15) is 0 Å². The number of hydrogen-bond donors (Lipinski definition) is 1.